The molecule has 200 valence electrons. The molecule has 0 saturated carbocycles. The average Bonchev–Trinajstić information content (AvgIpc) is 3.37. The van der Waals surface area contributed by atoms with Crippen LogP contribution in [0.4, 0.5) is 0 Å². The van der Waals surface area contributed by atoms with E-state index >= 15 is 0 Å². The normalized spacial score (nSPS) is 12.1. The van der Waals surface area contributed by atoms with E-state index < -0.39 is 0 Å². The van der Waals surface area contributed by atoms with Crippen LogP contribution < -0.4 is 10.1 Å². The number of nitriles is 1. The molecule has 3 N–H and O–H groups in total. The predicted molar refractivity (Wildman–Crippen MR) is 150 cm³/mol. The molecule has 0 spiro atoms. The number of nitrogens with zero attached hydrogens (tertiary/aromatic N) is 3. The van der Waals surface area contributed by atoms with Crippen molar-refractivity contribution in [1.82, 2.24) is 14.7 Å². The van der Waals surface area contributed by atoms with Crippen molar-refractivity contribution in [2.75, 3.05) is 13.2 Å². The van der Waals surface area contributed by atoms with Crippen molar-refractivity contribution in [1.29, 1.82) is 5.26 Å². The fraction of sp³-hybridized carbons (Fsp3) is 0.258. The Balaban J connectivity index is 1.47. The first-order chi connectivity index (χ1) is 18.9. The molecule has 2 aromatic carbocycles. The predicted octanol–water partition coefficient (Wildman–Crippen LogP) is 4.39. The number of hydrogen-bond donors (Lipinski definition) is 3. The molecular formula is C31H32N4O4. The third kappa shape index (κ3) is 6.90. The Kier molecular flexibility index (Phi) is 9.10. The van der Waals surface area contributed by atoms with E-state index in [0.717, 1.165) is 28.0 Å². The Hall–Kier alpha value is -4.45. The molecule has 0 bridgehead atoms. The van der Waals surface area contributed by atoms with Crippen LogP contribution in [0.2, 0.25) is 0 Å². The van der Waals surface area contributed by atoms with Crippen molar-refractivity contribution in [3.8, 4) is 23.1 Å². The first-order valence-electron chi connectivity index (χ1n) is 12.9. The van der Waals surface area contributed by atoms with E-state index in [-0.39, 0.29) is 31.3 Å². The zero-order chi connectivity index (χ0) is 27.8. The largest absolute Gasteiger partial charge is 0.490 e. The number of aliphatic hydroxyl groups excluding tert-OH is 2. The van der Waals surface area contributed by atoms with E-state index in [2.05, 4.69) is 11.4 Å². The molecule has 4 aromatic rings. The molecule has 39 heavy (non-hydrogen) atoms. The number of nitrogens with one attached hydrogen (secondary N) is 1. The van der Waals surface area contributed by atoms with Crippen molar-refractivity contribution in [3.63, 3.8) is 0 Å². The van der Waals surface area contributed by atoms with E-state index in [1.807, 2.05) is 73.1 Å². The minimum Gasteiger partial charge on any atom is -0.490 e. The highest BCUT2D eigenvalue weighted by Gasteiger charge is 2.17. The standard InChI is InChI=1S/C31H32N4O4/c1-21(2)39-29-12-11-25(18-26(29)19-32)31(38)33-27(13-16-37)17-22-7-9-23(10-8-22)28-20-35-14-3-5-24(6-4-15-36)30(35)34-28/h3-12,14,18,20-21,27,36-37H,13,15-17H2,1-2H3,(H,33,38). The zero-order valence-electron chi connectivity index (χ0n) is 22.0. The molecule has 0 saturated heterocycles. The summed E-state index contributed by atoms with van der Waals surface area (Å²) >= 11 is 0. The van der Waals surface area contributed by atoms with Gasteiger partial charge >= 0.3 is 0 Å². The summed E-state index contributed by atoms with van der Waals surface area (Å²) < 4.78 is 7.60. The average molecular weight is 525 g/mol. The third-order valence-corrected chi connectivity index (χ3v) is 6.19. The number of ether oxygens (including phenoxy) is 1. The Morgan fingerprint density at radius 2 is 1.97 bits per heavy atom. The molecule has 0 radical (unpaired) electrons. The summed E-state index contributed by atoms with van der Waals surface area (Å²) in [6.07, 6.45) is 8.26. The second-order valence-electron chi connectivity index (χ2n) is 9.48. The molecule has 0 aliphatic heterocycles. The van der Waals surface area contributed by atoms with Crippen molar-refractivity contribution >= 4 is 17.6 Å². The number of aromatic nitrogens is 2. The van der Waals surface area contributed by atoms with Crippen molar-refractivity contribution in [3.05, 3.63) is 95.3 Å². The van der Waals surface area contributed by atoms with Crippen LogP contribution in [-0.2, 0) is 6.42 Å². The summed E-state index contributed by atoms with van der Waals surface area (Å²) in [5.41, 5.74) is 5.16. The lowest BCUT2D eigenvalue weighted by molar-refractivity contribution is 0.0930. The molecule has 0 aliphatic carbocycles. The van der Waals surface area contributed by atoms with Gasteiger partial charge in [0, 0.05) is 41.7 Å². The molecule has 2 heterocycles. The summed E-state index contributed by atoms with van der Waals surface area (Å²) in [5.74, 6) is 0.132. The van der Waals surface area contributed by atoms with Crippen molar-refractivity contribution in [2.45, 2.75) is 38.8 Å². The van der Waals surface area contributed by atoms with E-state index in [0.29, 0.717) is 29.7 Å². The van der Waals surface area contributed by atoms with Crippen LogP contribution in [0.15, 0.2) is 73.1 Å². The van der Waals surface area contributed by atoms with Gasteiger partial charge in [-0.2, -0.15) is 5.26 Å². The van der Waals surface area contributed by atoms with Crippen LogP contribution in [0.3, 0.4) is 0 Å². The smallest absolute Gasteiger partial charge is 0.251 e. The topological polar surface area (TPSA) is 120 Å². The van der Waals surface area contributed by atoms with Crippen LogP contribution in [0, 0.1) is 11.3 Å². The molecule has 1 atom stereocenters. The van der Waals surface area contributed by atoms with E-state index in [1.165, 1.54) is 6.07 Å². The lowest BCUT2D eigenvalue weighted by Gasteiger charge is -2.19. The number of benzene rings is 2. The molecule has 2 aromatic heterocycles. The fourth-order valence-corrected chi connectivity index (χ4v) is 4.34. The summed E-state index contributed by atoms with van der Waals surface area (Å²) in [6.45, 7) is 3.65. The minimum absolute atomic E-state index is 0.0335. The van der Waals surface area contributed by atoms with Crippen LogP contribution in [0.1, 0.15) is 47.3 Å². The van der Waals surface area contributed by atoms with Gasteiger partial charge in [-0.25, -0.2) is 4.98 Å². The lowest BCUT2D eigenvalue weighted by Crippen LogP contribution is -2.37. The number of fused-ring (bicyclic) bond motifs is 1. The van der Waals surface area contributed by atoms with Gasteiger partial charge in [-0.15, -0.1) is 0 Å². The SMILES string of the molecule is CC(C)Oc1ccc(C(=O)NC(CCO)Cc2ccc(-c3cn4cccc(C=CCO)c4n3)cc2)cc1C#N. The number of imidazole rings is 1. The third-order valence-electron chi connectivity index (χ3n) is 6.19. The number of amides is 1. The van der Waals surface area contributed by atoms with E-state index in [1.54, 1.807) is 18.2 Å². The van der Waals surface area contributed by atoms with E-state index in [4.69, 9.17) is 14.8 Å². The molecule has 4 rings (SSSR count). The maximum atomic E-state index is 13.0. The van der Waals surface area contributed by atoms with Crippen LogP contribution in [0.5, 0.6) is 5.75 Å². The molecular weight excluding hydrogens is 492 g/mol. The van der Waals surface area contributed by atoms with E-state index in [9.17, 15) is 15.2 Å². The molecule has 8 heteroatoms. The van der Waals surface area contributed by atoms with Crippen molar-refractivity contribution in [2.24, 2.45) is 0 Å². The second-order valence-corrected chi connectivity index (χ2v) is 9.48. The van der Waals surface area contributed by atoms with Gasteiger partial charge < -0.3 is 24.7 Å². The van der Waals surface area contributed by atoms with Crippen LogP contribution in [-0.4, -0.2) is 50.9 Å². The number of rotatable bonds is 11. The number of aliphatic hydroxyl groups is 2. The second kappa shape index (κ2) is 12.9. The Bertz CT molecular complexity index is 1500. The number of pyridine rings is 1. The van der Waals surface area contributed by atoms with Crippen molar-refractivity contribution < 1.29 is 19.7 Å². The van der Waals surface area contributed by atoms with Gasteiger partial charge in [-0.3, -0.25) is 4.79 Å². The highest BCUT2D eigenvalue weighted by atomic mass is 16.5. The number of carbonyl (C=O) groups is 1. The minimum atomic E-state index is -0.312. The first-order valence-corrected chi connectivity index (χ1v) is 12.9. The number of carbonyl (C=O) groups excluding carboxylic acids is 1. The van der Waals surface area contributed by atoms with Gasteiger partial charge in [-0.1, -0.05) is 36.4 Å². The summed E-state index contributed by atoms with van der Waals surface area (Å²) in [4.78, 5) is 17.7. The zero-order valence-corrected chi connectivity index (χ0v) is 22.0. The highest BCUT2D eigenvalue weighted by molar-refractivity contribution is 5.95. The maximum Gasteiger partial charge on any atom is 0.251 e. The molecule has 1 amide bonds. The first kappa shape index (κ1) is 27.6. The Morgan fingerprint density at radius 1 is 1.18 bits per heavy atom. The quantitative estimate of drug-likeness (QED) is 0.268. The van der Waals surface area contributed by atoms with Gasteiger partial charge in [0.2, 0.25) is 0 Å². The van der Waals surface area contributed by atoms with Gasteiger partial charge in [0.05, 0.1) is 24.0 Å². The summed E-state index contributed by atoms with van der Waals surface area (Å²) in [6, 6.07) is 18.5. The lowest BCUT2D eigenvalue weighted by atomic mass is 10.0. The number of hydrogen-bond acceptors (Lipinski definition) is 6. The maximum absolute atomic E-state index is 13.0. The molecule has 1 unspecified atom stereocenters. The Morgan fingerprint density at radius 3 is 2.67 bits per heavy atom. The monoisotopic (exact) mass is 524 g/mol. The summed E-state index contributed by atoms with van der Waals surface area (Å²) in [7, 11) is 0. The molecule has 8 nitrogen and oxygen atoms in total. The molecule has 0 fully saturated rings. The van der Waals surface area contributed by atoms with Crippen LogP contribution >= 0.6 is 0 Å². The highest BCUT2D eigenvalue weighted by Crippen LogP contribution is 2.23. The summed E-state index contributed by atoms with van der Waals surface area (Å²) in [5, 5.41) is 31.2. The van der Waals surface area contributed by atoms with Gasteiger partial charge in [0.25, 0.3) is 5.91 Å². The molecule has 0 aliphatic rings. The fourth-order valence-electron chi connectivity index (χ4n) is 4.34. The van der Waals surface area contributed by atoms with Crippen LogP contribution in [0.25, 0.3) is 23.0 Å². The van der Waals surface area contributed by atoms with Gasteiger partial charge in [0.15, 0.2) is 0 Å². The van der Waals surface area contributed by atoms with Gasteiger partial charge in [-0.05, 0) is 62.6 Å². The van der Waals surface area contributed by atoms with Gasteiger partial charge in [0.1, 0.15) is 17.5 Å². The Labute approximate surface area is 227 Å².